The largest absolute Gasteiger partial charge is 0.398 e. The molecule has 0 aliphatic carbocycles. The molecule has 0 spiro atoms. The van der Waals surface area contributed by atoms with E-state index < -0.39 is 15.6 Å². The second-order valence-corrected chi connectivity index (χ2v) is 7.97. The van der Waals surface area contributed by atoms with Crippen molar-refractivity contribution in [3.8, 4) is 0 Å². The summed E-state index contributed by atoms with van der Waals surface area (Å²) in [7, 11) is -3.71. The van der Waals surface area contributed by atoms with Gasteiger partial charge in [-0.2, -0.15) is 0 Å². The van der Waals surface area contributed by atoms with Crippen molar-refractivity contribution in [2.75, 3.05) is 18.9 Å². The molecule has 1 aliphatic heterocycles. The molecule has 1 saturated heterocycles. The predicted octanol–water partition coefficient (Wildman–Crippen LogP) is 2.53. The first-order valence-corrected chi connectivity index (χ1v) is 8.75. The highest BCUT2D eigenvalue weighted by atomic mass is 79.9. The first kappa shape index (κ1) is 16.0. The van der Waals surface area contributed by atoms with Crippen LogP contribution >= 0.6 is 27.5 Å². The van der Waals surface area contributed by atoms with Gasteiger partial charge in [-0.1, -0.05) is 11.6 Å². The smallest absolute Gasteiger partial charge is 0.242 e. The molecule has 1 fully saturated rings. The summed E-state index contributed by atoms with van der Waals surface area (Å²) in [5, 5.41) is 0.281. The Morgan fingerprint density at radius 1 is 1.40 bits per heavy atom. The molecule has 0 unspecified atom stereocenters. The molecule has 1 aromatic carbocycles. The molecule has 112 valence electrons. The van der Waals surface area contributed by atoms with E-state index in [4.69, 9.17) is 22.1 Å². The highest BCUT2D eigenvalue weighted by Crippen LogP contribution is 2.33. The van der Waals surface area contributed by atoms with Gasteiger partial charge in [-0.05, 0) is 47.8 Å². The van der Waals surface area contributed by atoms with E-state index in [1.807, 2.05) is 6.92 Å². The van der Waals surface area contributed by atoms with Gasteiger partial charge >= 0.3 is 0 Å². The molecule has 1 aromatic rings. The van der Waals surface area contributed by atoms with Crippen molar-refractivity contribution in [2.45, 2.75) is 30.2 Å². The van der Waals surface area contributed by atoms with Crippen molar-refractivity contribution in [3.63, 3.8) is 0 Å². The van der Waals surface area contributed by atoms with Crippen molar-refractivity contribution in [1.82, 2.24) is 4.72 Å². The van der Waals surface area contributed by atoms with E-state index in [1.165, 1.54) is 12.1 Å². The Morgan fingerprint density at radius 2 is 2.00 bits per heavy atom. The third-order valence-corrected chi connectivity index (χ3v) is 6.33. The summed E-state index contributed by atoms with van der Waals surface area (Å²) >= 11 is 9.10. The number of hydrogen-bond donors (Lipinski definition) is 2. The van der Waals surface area contributed by atoms with Crippen LogP contribution in [0, 0.1) is 0 Å². The predicted molar refractivity (Wildman–Crippen MR) is 82.3 cm³/mol. The van der Waals surface area contributed by atoms with Crippen LogP contribution in [0.1, 0.15) is 19.8 Å². The van der Waals surface area contributed by atoms with Crippen LogP contribution in [0.5, 0.6) is 0 Å². The summed E-state index contributed by atoms with van der Waals surface area (Å²) in [5.74, 6) is 0. The molecular formula is C12H16BrClN2O3S. The molecule has 5 nitrogen and oxygen atoms in total. The normalized spacial score (nSPS) is 18.9. The van der Waals surface area contributed by atoms with Gasteiger partial charge in [0.05, 0.1) is 9.37 Å². The lowest BCUT2D eigenvalue weighted by Crippen LogP contribution is -2.49. The fraction of sp³-hybridized carbons (Fsp3) is 0.500. The zero-order valence-corrected chi connectivity index (χ0v) is 14.1. The van der Waals surface area contributed by atoms with Crippen molar-refractivity contribution < 1.29 is 13.2 Å². The fourth-order valence-electron chi connectivity index (χ4n) is 2.08. The van der Waals surface area contributed by atoms with E-state index in [-0.39, 0.29) is 15.6 Å². The monoisotopic (exact) mass is 382 g/mol. The number of nitrogens with one attached hydrogen (secondary N) is 1. The van der Waals surface area contributed by atoms with Gasteiger partial charge in [-0.25, -0.2) is 13.1 Å². The molecule has 0 bridgehead atoms. The molecule has 0 radical (unpaired) electrons. The van der Waals surface area contributed by atoms with Crippen molar-refractivity contribution in [1.29, 1.82) is 0 Å². The maximum atomic E-state index is 12.5. The second kappa shape index (κ2) is 5.81. The molecule has 0 saturated carbocycles. The van der Waals surface area contributed by atoms with E-state index in [9.17, 15) is 8.42 Å². The molecule has 3 N–H and O–H groups in total. The van der Waals surface area contributed by atoms with Gasteiger partial charge in [-0.3, -0.25) is 0 Å². The van der Waals surface area contributed by atoms with Gasteiger partial charge in [0, 0.05) is 29.5 Å². The molecule has 1 heterocycles. The summed E-state index contributed by atoms with van der Waals surface area (Å²) in [6.07, 6.45) is 1.25. The number of halogens is 2. The number of ether oxygens (including phenoxy) is 1. The summed E-state index contributed by atoms with van der Waals surface area (Å²) in [4.78, 5) is 0.0511. The summed E-state index contributed by atoms with van der Waals surface area (Å²) in [5.41, 5.74) is 5.51. The number of hydrogen-bond acceptors (Lipinski definition) is 4. The minimum Gasteiger partial charge on any atom is -0.398 e. The number of nitrogens with two attached hydrogens (primary N) is 1. The molecule has 1 aliphatic rings. The highest BCUT2D eigenvalue weighted by molar-refractivity contribution is 9.10. The Kier molecular flexibility index (Phi) is 4.66. The molecule has 20 heavy (non-hydrogen) atoms. The van der Waals surface area contributed by atoms with Gasteiger partial charge in [0.25, 0.3) is 0 Å². The molecular weight excluding hydrogens is 368 g/mol. The van der Waals surface area contributed by atoms with E-state index >= 15 is 0 Å². The number of sulfonamides is 1. The molecule has 0 aromatic heterocycles. The first-order chi connectivity index (χ1) is 9.23. The van der Waals surface area contributed by atoms with Crippen LogP contribution in [-0.4, -0.2) is 27.2 Å². The van der Waals surface area contributed by atoms with Crippen LogP contribution in [0.15, 0.2) is 21.5 Å². The topological polar surface area (TPSA) is 81.4 Å². The maximum Gasteiger partial charge on any atom is 0.242 e. The zero-order chi connectivity index (χ0) is 15.0. The van der Waals surface area contributed by atoms with Gasteiger partial charge < -0.3 is 10.5 Å². The van der Waals surface area contributed by atoms with Crippen molar-refractivity contribution in [2.24, 2.45) is 0 Å². The Morgan fingerprint density at radius 3 is 2.60 bits per heavy atom. The molecule has 8 heteroatoms. The van der Waals surface area contributed by atoms with Crippen LogP contribution in [-0.2, 0) is 14.8 Å². The standard InChI is InChI=1S/C12H16BrClN2O3S/c1-12(2-4-19-5-3-12)16-20(17,18)10-7-8(14)6-9(15)11(10)13/h6-7,16H,2-5,15H2,1H3. The third-order valence-electron chi connectivity index (χ3n) is 3.30. The Hall–Kier alpha value is -0.340. The average Bonchev–Trinajstić information content (AvgIpc) is 2.33. The van der Waals surface area contributed by atoms with E-state index in [0.29, 0.717) is 30.5 Å². The lowest BCUT2D eigenvalue weighted by Gasteiger charge is -2.34. The molecule has 2 rings (SSSR count). The lowest BCUT2D eigenvalue weighted by molar-refractivity contribution is 0.0537. The number of anilines is 1. The van der Waals surface area contributed by atoms with E-state index in [2.05, 4.69) is 20.7 Å². The average molecular weight is 384 g/mol. The van der Waals surface area contributed by atoms with Gasteiger partial charge in [0.2, 0.25) is 10.0 Å². The van der Waals surface area contributed by atoms with Crippen LogP contribution in [0.25, 0.3) is 0 Å². The highest BCUT2D eigenvalue weighted by Gasteiger charge is 2.33. The Balaban J connectivity index is 2.36. The molecule has 0 amide bonds. The maximum absolute atomic E-state index is 12.5. The van der Waals surface area contributed by atoms with Crippen LogP contribution < -0.4 is 10.5 Å². The Labute approximate surface area is 132 Å². The SMILES string of the molecule is CC1(NS(=O)(=O)c2cc(Cl)cc(N)c2Br)CCOCC1. The minimum atomic E-state index is -3.71. The summed E-state index contributed by atoms with van der Waals surface area (Å²) < 4.78 is 33.4. The quantitative estimate of drug-likeness (QED) is 0.786. The van der Waals surface area contributed by atoms with Crippen molar-refractivity contribution >= 4 is 43.2 Å². The summed E-state index contributed by atoms with van der Waals surface area (Å²) in [6.45, 7) is 2.95. The van der Waals surface area contributed by atoms with Crippen LogP contribution in [0.4, 0.5) is 5.69 Å². The van der Waals surface area contributed by atoms with Gasteiger partial charge in [0.1, 0.15) is 0 Å². The van der Waals surface area contributed by atoms with Crippen LogP contribution in [0.3, 0.4) is 0 Å². The fourth-order valence-corrected chi connectivity index (χ4v) is 4.84. The number of benzene rings is 1. The second-order valence-electron chi connectivity index (χ2n) is 5.09. The van der Waals surface area contributed by atoms with E-state index in [1.54, 1.807) is 0 Å². The first-order valence-electron chi connectivity index (χ1n) is 6.10. The summed E-state index contributed by atoms with van der Waals surface area (Å²) in [6, 6.07) is 2.88. The number of rotatable bonds is 3. The van der Waals surface area contributed by atoms with Crippen LogP contribution in [0.2, 0.25) is 5.02 Å². The number of nitrogen functional groups attached to an aromatic ring is 1. The third kappa shape index (κ3) is 3.46. The van der Waals surface area contributed by atoms with Crippen molar-refractivity contribution in [3.05, 3.63) is 21.6 Å². The van der Waals surface area contributed by atoms with E-state index in [0.717, 1.165) is 0 Å². The zero-order valence-electron chi connectivity index (χ0n) is 10.9. The lowest BCUT2D eigenvalue weighted by atomic mass is 9.94. The molecule has 0 atom stereocenters. The Bertz CT molecular complexity index is 615. The minimum absolute atomic E-state index is 0.0511. The van der Waals surface area contributed by atoms with Gasteiger partial charge in [-0.15, -0.1) is 0 Å². The van der Waals surface area contributed by atoms with Gasteiger partial charge in [0.15, 0.2) is 0 Å².